The van der Waals surface area contributed by atoms with E-state index < -0.39 is 0 Å². The predicted molar refractivity (Wildman–Crippen MR) is 122 cm³/mol. The minimum absolute atomic E-state index is 0.288. The third-order valence-corrected chi connectivity index (χ3v) is 6.39. The van der Waals surface area contributed by atoms with E-state index in [1.165, 1.54) is 4.90 Å². The maximum Gasteiger partial charge on any atom is 0.282 e. The van der Waals surface area contributed by atoms with Gasteiger partial charge in [0.2, 0.25) is 0 Å². The molecule has 0 N–H and O–H groups in total. The van der Waals surface area contributed by atoms with Crippen LogP contribution >= 0.6 is 23.2 Å². The normalized spacial score (nSPS) is 19.8. The lowest BCUT2D eigenvalue weighted by Crippen LogP contribution is -2.39. The Morgan fingerprint density at radius 3 is 2.47 bits per heavy atom. The van der Waals surface area contributed by atoms with Crippen LogP contribution < -0.4 is 4.90 Å². The van der Waals surface area contributed by atoms with Crippen molar-refractivity contribution in [2.24, 2.45) is 5.92 Å². The number of benzene rings is 2. The summed E-state index contributed by atoms with van der Waals surface area (Å²) in [6.45, 7) is 7.51. The molecule has 2 heterocycles. The number of imide groups is 1. The van der Waals surface area contributed by atoms with E-state index in [4.69, 9.17) is 23.2 Å². The number of hydrogen-bond acceptors (Lipinski definition) is 3. The first-order chi connectivity index (χ1) is 14.3. The molecule has 0 bridgehead atoms. The monoisotopic (exact) mass is 442 g/mol. The summed E-state index contributed by atoms with van der Waals surface area (Å²) in [7, 11) is 0. The summed E-state index contributed by atoms with van der Waals surface area (Å²) in [5.74, 6) is -0.180. The van der Waals surface area contributed by atoms with Gasteiger partial charge in [0.25, 0.3) is 11.8 Å². The summed E-state index contributed by atoms with van der Waals surface area (Å²) in [6, 6.07) is 10.8. The predicted octanol–water partition coefficient (Wildman–Crippen LogP) is 5.63. The number of amides is 2. The molecule has 0 aromatic heterocycles. The van der Waals surface area contributed by atoms with Crippen LogP contribution in [0.2, 0.25) is 10.0 Å². The van der Waals surface area contributed by atoms with E-state index in [1.54, 1.807) is 18.2 Å². The Balaban J connectivity index is 1.89. The zero-order valence-electron chi connectivity index (χ0n) is 17.3. The number of nitrogens with zero attached hydrogens (tertiary/aromatic N) is 2. The van der Waals surface area contributed by atoms with Crippen LogP contribution in [0.1, 0.15) is 36.5 Å². The summed E-state index contributed by atoms with van der Waals surface area (Å²) in [5.41, 5.74) is 3.82. The van der Waals surface area contributed by atoms with E-state index >= 15 is 0 Å². The van der Waals surface area contributed by atoms with Crippen LogP contribution in [0.15, 0.2) is 42.1 Å². The van der Waals surface area contributed by atoms with Crippen molar-refractivity contribution in [3.05, 3.63) is 68.8 Å². The highest BCUT2D eigenvalue weighted by molar-refractivity contribution is 6.47. The van der Waals surface area contributed by atoms with Crippen LogP contribution in [0, 0.1) is 19.8 Å². The van der Waals surface area contributed by atoms with Crippen LogP contribution in [0.4, 0.5) is 5.69 Å². The molecule has 2 aliphatic rings. The lowest BCUT2D eigenvalue weighted by Gasteiger charge is -2.33. The molecule has 1 atom stereocenters. The smallest absolute Gasteiger partial charge is 0.282 e. The molecular weight excluding hydrogens is 419 g/mol. The summed E-state index contributed by atoms with van der Waals surface area (Å²) in [5, 5.41) is 0.852. The summed E-state index contributed by atoms with van der Waals surface area (Å²) < 4.78 is 0. The standard InChI is InChI=1S/C24H24Cl2N2O2/c1-14-6-7-16(3)20(11-14)28-23(29)21(18-9-8-17(25)12-19(18)26)22(24(28)30)27-10-4-5-15(2)13-27/h6-9,11-12,15H,4-5,10,13H2,1-3H3. The average molecular weight is 443 g/mol. The molecule has 0 aliphatic carbocycles. The molecule has 4 nitrogen and oxygen atoms in total. The van der Waals surface area contributed by atoms with Gasteiger partial charge in [-0.25, -0.2) is 4.90 Å². The first-order valence-electron chi connectivity index (χ1n) is 10.2. The second-order valence-electron chi connectivity index (χ2n) is 8.28. The number of carbonyl (C=O) groups is 2. The van der Waals surface area contributed by atoms with Gasteiger partial charge >= 0.3 is 0 Å². The van der Waals surface area contributed by atoms with Crippen molar-refractivity contribution in [2.75, 3.05) is 18.0 Å². The number of anilines is 1. The lowest BCUT2D eigenvalue weighted by molar-refractivity contribution is -0.120. The molecule has 2 aliphatic heterocycles. The van der Waals surface area contributed by atoms with Crippen molar-refractivity contribution in [2.45, 2.75) is 33.6 Å². The van der Waals surface area contributed by atoms with Gasteiger partial charge in [-0.15, -0.1) is 0 Å². The molecule has 0 radical (unpaired) electrons. The molecular formula is C24H24Cl2N2O2. The zero-order chi connectivity index (χ0) is 21.6. The number of hydrogen-bond donors (Lipinski definition) is 0. The van der Waals surface area contributed by atoms with Crippen LogP contribution in [-0.2, 0) is 9.59 Å². The van der Waals surface area contributed by atoms with Crippen molar-refractivity contribution >= 4 is 46.3 Å². The van der Waals surface area contributed by atoms with Gasteiger partial charge in [-0.05, 0) is 61.9 Å². The Morgan fingerprint density at radius 2 is 1.77 bits per heavy atom. The topological polar surface area (TPSA) is 40.6 Å². The molecule has 2 aromatic carbocycles. The van der Waals surface area contributed by atoms with Gasteiger partial charge in [-0.1, -0.05) is 48.3 Å². The second kappa shape index (κ2) is 8.09. The molecule has 1 saturated heterocycles. The van der Waals surface area contributed by atoms with E-state index in [-0.39, 0.29) is 11.8 Å². The number of halogens is 2. The summed E-state index contributed by atoms with van der Waals surface area (Å²) >= 11 is 12.6. The van der Waals surface area contributed by atoms with E-state index in [2.05, 4.69) is 11.8 Å². The lowest BCUT2D eigenvalue weighted by atomic mass is 9.97. The SMILES string of the molecule is Cc1ccc(C)c(N2C(=O)C(c3ccc(Cl)cc3Cl)=C(N3CCCC(C)C3)C2=O)c1. The Labute approximate surface area is 187 Å². The number of carbonyl (C=O) groups excluding carboxylic acids is 2. The highest BCUT2D eigenvalue weighted by Crippen LogP contribution is 2.40. The van der Waals surface area contributed by atoms with Crippen molar-refractivity contribution in [3.8, 4) is 0 Å². The Bertz CT molecular complexity index is 1080. The van der Waals surface area contributed by atoms with Crippen molar-refractivity contribution in [3.63, 3.8) is 0 Å². The summed E-state index contributed by atoms with van der Waals surface area (Å²) in [4.78, 5) is 30.7. The van der Waals surface area contributed by atoms with E-state index in [9.17, 15) is 9.59 Å². The fourth-order valence-electron chi connectivity index (χ4n) is 4.32. The molecule has 4 rings (SSSR count). The molecule has 1 fully saturated rings. The van der Waals surface area contributed by atoms with Gasteiger partial charge in [-0.2, -0.15) is 0 Å². The minimum atomic E-state index is -0.342. The highest BCUT2D eigenvalue weighted by Gasteiger charge is 2.44. The van der Waals surface area contributed by atoms with Gasteiger partial charge in [0.15, 0.2) is 0 Å². The highest BCUT2D eigenvalue weighted by atomic mass is 35.5. The van der Waals surface area contributed by atoms with E-state index in [0.717, 1.165) is 37.1 Å². The van der Waals surface area contributed by atoms with Crippen molar-refractivity contribution in [1.29, 1.82) is 0 Å². The zero-order valence-corrected chi connectivity index (χ0v) is 18.8. The first kappa shape index (κ1) is 21.0. The van der Waals surface area contributed by atoms with Crippen LogP contribution in [-0.4, -0.2) is 29.8 Å². The Morgan fingerprint density at radius 1 is 1.00 bits per heavy atom. The fourth-order valence-corrected chi connectivity index (χ4v) is 4.82. The van der Waals surface area contributed by atoms with Gasteiger partial charge in [-0.3, -0.25) is 9.59 Å². The molecule has 0 saturated carbocycles. The van der Waals surface area contributed by atoms with Gasteiger partial charge in [0.05, 0.1) is 16.3 Å². The van der Waals surface area contributed by atoms with Gasteiger partial charge in [0, 0.05) is 23.7 Å². The molecule has 156 valence electrons. The van der Waals surface area contributed by atoms with E-state index in [1.807, 2.05) is 32.0 Å². The van der Waals surface area contributed by atoms with Crippen LogP contribution in [0.25, 0.3) is 5.57 Å². The Hall–Kier alpha value is -2.30. The maximum atomic E-state index is 13.7. The molecule has 1 unspecified atom stereocenters. The van der Waals surface area contributed by atoms with Gasteiger partial charge in [0.1, 0.15) is 5.70 Å². The number of rotatable bonds is 3. The molecule has 30 heavy (non-hydrogen) atoms. The first-order valence-corrected chi connectivity index (χ1v) is 10.9. The molecule has 2 aromatic rings. The third kappa shape index (κ3) is 3.63. The number of aryl methyl sites for hydroxylation is 2. The van der Waals surface area contributed by atoms with E-state index in [0.29, 0.717) is 38.5 Å². The summed E-state index contributed by atoms with van der Waals surface area (Å²) in [6.07, 6.45) is 2.10. The molecule has 2 amide bonds. The van der Waals surface area contributed by atoms with Crippen LogP contribution in [0.5, 0.6) is 0 Å². The fraction of sp³-hybridized carbons (Fsp3) is 0.333. The largest absolute Gasteiger partial charge is 0.366 e. The molecule has 0 spiro atoms. The molecule has 6 heteroatoms. The second-order valence-corrected chi connectivity index (χ2v) is 9.12. The quantitative estimate of drug-likeness (QED) is 0.578. The average Bonchev–Trinajstić information content (AvgIpc) is 2.94. The Kier molecular flexibility index (Phi) is 5.65. The third-order valence-electron chi connectivity index (χ3n) is 5.84. The number of likely N-dealkylation sites (tertiary alicyclic amines) is 1. The minimum Gasteiger partial charge on any atom is -0.366 e. The van der Waals surface area contributed by atoms with Gasteiger partial charge < -0.3 is 4.90 Å². The van der Waals surface area contributed by atoms with Crippen molar-refractivity contribution < 1.29 is 9.59 Å². The maximum absolute atomic E-state index is 13.7. The van der Waals surface area contributed by atoms with Crippen molar-refractivity contribution in [1.82, 2.24) is 4.90 Å². The number of piperidine rings is 1. The van der Waals surface area contributed by atoms with Crippen LogP contribution in [0.3, 0.4) is 0 Å².